The number of piperidine rings is 1. The van der Waals surface area contributed by atoms with Crippen molar-refractivity contribution in [2.75, 3.05) is 25.0 Å². The Labute approximate surface area is 168 Å². The fourth-order valence-electron chi connectivity index (χ4n) is 3.74. The minimum absolute atomic E-state index is 0.105. The van der Waals surface area contributed by atoms with E-state index >= 15 is 0 Å². The number of carbonyl (C=O) groups excluding carboxylic acids is 2. The molecule has 0 spiro atoms. The van der Waals surface area contributed by atoms with Gasteiger partial charge in [-0.3, -0.25) is 4.79 Å². The monoisotopic (exact) mass is 402 g/mol. The topological polar surface area (TPSA) is 58.6 Å². The zero-order chi connectivity index (χ0) is 20.9. The molecule has 5 nitrogen and oxygen atoms in total. The second-order valence-electron chi connectivity index (χ2n) is 7.24. The lowest BCUT2D eigenvalue weighted by atomic mass is 9.75. The molecule has 0 radical (unpaired) electrons. The van der Waals surface area contributed by atoms with Crippen LogP contribution < -0.4 is 5.32 Å². The largest absolute Gasteiger partial charge is 0.466 e. The number of esters is 1. The van der Waals surface area contributed by atoms with Crippen molar-refractivity contribution >= 4 is 17.7 Å². The normalized spacial score (nSPS) is 18.9. The van der Waals surface area contributed by atoms with Gasteiger partial charge >= 0.3 is 12.0 Å². The van der Waals surface area contributed by atoms with Gasteiger partial charge in [0.2, 0.25) is 0 Å². The minimum atomic E-state index is -0.867. The Bertz CT molecular complexity index is 876. The number of nitrogens with one attached hydrogen (secondary N) is 1. The highest BCUT2D eigenvalue weighted by Gasteiger charge is 2.44. The molecule has 3 rings (SSSR count). The summed E-state index contributed by atoms with van der Waals surface area (Å²) in [6.45, 7) is 2.60. The molecule has 1 aliphatic heterocycles. The molecule has 1 fully saturated rings. The Morgan fingerprint density at radius 3 is 2.62 bits per heavy atom. The van der Waals surface area contributed by atoms with Crippen LogP contribution in [0.4, 0.5) is 19.3 Å². The number of urea groups is 1. The van der Waals surface area contributed by atoms with Gasteiger partial charge < -0.3 is 15.0 Å². The maximum absolute atomic E-state index is 13.9. The van der Waals surface area contributed by atoms with E-state index in [1.807, 2.05) is 30.3 Å². The van der Waals surface area contributed by atoms with E-state index in [-0.39, 0.29) is 24.8 Å². The van der Waals surface area contributed by atoms with Crippen molar-refractivity contribution in [1.82, 2.24) is 4.90 Å². The van der Waals surface area contributed by atoms with Gasteiger partial charge in [-0.15, -0.1) is 0 Å². The smallest absolute Gasteiger partial charge is 0.321 e. The van der Waals surface area contributed by atoms with Crippen LogP contribution in [0, 0.1) is 17.0 Å². The summed E-state index contributed by atoms with van der Waals surface area (Å²) in [7, 11) is 0. The lowest BCUT2D eigenvalue weighted by Gasteiger charge is -2.41. The van der Waals surface area contributed by atoms with Crippen LogP contribution in [0.25, 0.3) is 0 Å². The molecule has 1 atom stereocenters. The Hall–Kier alpha value is -2.96. The number of ether oxygens (including phenoxy) is 1. The number of hydrogen-bond donors (Lipinski definition) is 1. The summed E-state index contributed by atoms with van der Waals surface area (Å²) in [6.07, 6.45) is 1.65. The van der Waals surface area contributed by atoms with E-state index in [4.69, 9.17) is 4.74 Å². The number of benzene rings is 2. The molecule has 0 aromatic heterocycles. The molecule has 7 heteroatoms. The van der Waals surface area contributed by atoms with Crippen molar-refractivity contribution in [3.05, 3.63) is 65.7 Å². The highest BCUT2D eigenvalue weighted by atomic mass is 19.1. The molecule has 0 bridgehead atoms. The van der Waals surface area contributed by atoms with Crippen molar-refractivity contribution in [1.29, 1.82) is 0 Å². The van der Waals surface area contributed by atoms with Crippen LogP contribution in [-0.2, 0) is 16.0 Å². The Morgan fingerprint density at radius 2 is 1.93 bits per heavy atom. The summed E-state index contributed by atoms with van der Waals surface area (Å²) in [5.41, 5.74) is 0.00745. The fourth-order valence-corrected chi connectivity index (χ4v) is 3.74. The number of likely N-dealkylation sites (tertiary alicyclic amines) is 1. The number of rotatable bonds is 5. The van der Waals surface area contributed by atoms with Gasteiger partial charge in [-0.05, 0) is 43.9 Å². The van der Waals surface area contributed by atoms with Gasteiger partial charge in [0, 0.05) is 19.2 Å². The lowest BCUT2D eigenvalue weighted by Crippen LogP contribution is -2.52. The van der Waals surface area contributed by atoms with Crippen molar-refractivity contribution in [3.63, 3.8) is 0 Å². The fraction of sp³-hybridized carbons (Fsp3) is 0.364. The number of carbonyl (C=O) groups is 2. The second kappa shape index (κ2) is 9.03. The molecule has 2 aromatic rings. The van der Waals surface area contributed by atoms with Crippen LogP contribution in [0.5, 0.6) is 0 Å². The number of amides is 2. The van der Waals surface area contributed by atoms with Crippen LogP contribution in [0.15, 0.2) is 48.5 Å². The van der Waals surface area contributed by atoms with Crippen molar-refractivity contribution in [2.24, 2.45) is 5.41 Å². The van der Waals surface area contributed by atoms with E-state index in [9.17, 15) is 18.4 Å². The van der Waals surface area contributed by atoms with Crippen molar-refractivity contribution in [3.8, 4) is 0 Å². The van der Waals surface area contributed by atoms with E-state index in [2.05, 4.69) is 5.32 Å². The van der Waals surface area contributed by atoms with Crippen molar-refractivity contribution < 1.29 is 23.1 Å². The summed E-state index contributed by atoms with van der Waals surface area (Å²) in [5, 5.41) is 2.47. The maximum atomic E-state index is 13.9. The highest BCUT2D eigenvalue weighted by molar-refractivity contribution is 5.90. The van der Waals surface area contributed by atoms with Crippen molar-refractivity contribution in [2.45, 2.75) is 26.2 Å². The molecular formula is C22H24F2N2O3. The molecule has 0 aliphatic carbocycles. The summed E-state index contributed by atoms with van der Waals surface area (Å²) in [6, 6.07) is 12.0. The summed E-state index contributed by atoms with van der Waals surface area (Å²) in [5.74, 6) is -1.91. The first-order valence-corrected chi connectivity index (χ1v) is 9.66. The van der Waals surface area contributed by atoms with Crippen LogP contribution >= 0.6 is 0 Å². The predicted octanol–water partition coefficient (Wildman–Crippen LogP) is 4.38. The zero-order valence-electron chi connectivity index (χ0n) is 16.3. The number of hydrogen-bond acceptors (Lipinski definition) is 3. The number of nitrogens with zero attached hydrogens (tertiary/aromatic N) is 1. The van der Waals surface area contributed by atoms with E-state index < -0.39 is 23.1 Å². The zero-order valence-corrected chi connectivity index (χ0v) is 16.3. The molecular weight excluding hydrogens is 378 g/mol. The van der Waals surface area contributed by atoms with E-state index in [0.29, 0.717) is 31.9 Å². The highest BCUT2D eigenvalue weighted by Crippen LogP contribution is 2.35. The van der Waals surface area contributed by atoms with Crippen LogP contribution in [0.2, 0.25) is 0 Å². The number of anilines is 1. The molecule has 1 heterocycles. The Kier molecular flexibility index (Phi) is 6.46. The van der Waals surface area contributed by atoms with Gasteiger partial charge in [-0.25, -0.2) is 13.6 Å². The molecule has 0 saturated carbocycles. The molecule has 1 saturated heterocycles. The third kappa shape index (κ3) is 4.91. The quantitative estimate of drug-likeness (QED) is 0.755. The molecule has 1 N–H and O–H groups in total. The minimum Gasteiger partial charge on any atom is -0.466 e. The van der Waals surface area contributed by atoms with E-state index in [1.54, 1.807) is 6.92 Å². The third-order valence-electron chi connectivity index (χ3n) is 5.13. The number of halogens is 2. The summed E-state index contributed by atoms with van der Waals surface area (Å²) >= 11 is 0. The van der Waals surface area contributed by atoms with Gasteiger partial charge in [-0.2, -0.15) is 0 Å². The third-order valence-corrected chi connectivity index (χ3v) is 5.13. The lowest BCUT2D eigenvalue weighted by molar-refractivity contribution is -0.158. The standard InChI is InChI=1S/C22H24F2N2O3/c1-2-29-20(27)22(14-16-7-4-3-5-8-16)11-6-12-26(15-22)21(28)25-19-10-9-17(23)13-18(19)24/h3-5,7-10,13H,2,6,11-12,14-15H2,1H3,(H,25,28). The SMILES string of the molecule is CCOC(=O)C1(Cc2ccccc2)CCCN(C(=O)Nc2ccc(F)cc2F)C1. The van der Waals surface area contributed by atoms with E-state index in [1.165, 1.54) is 11.0 Å². The van der Waals surface area contributed by atoms with E-state index in [0.717, 1.165) is 11.6 Å². The molecule has 2 amide bonds. The first kappa shape index (κ1) is 20.8. The average Bonchev–Trinajstić information content (AvgIpc) is 2.71. The first-order chi connectivity index (χ1) is 13.9. The average molecular weight is 402 g/mol. The van der Waals surface area contributed by atoms with Crippen LogP contribution in [-0.4, -0.2) is 36.6 Å². The maximum Gasteiger partial charge on any atom is 0.321 e. The van der Waals surface area contributed by atoms with Gasteiger partial charge in [0.1, 0.15) is 11.6 Å². The van der Waals surface area contributed by atoms with Crippen LogP contribution in [0.3, 0.4) is 0 Å². The predicted molar refractivity (Wildman–Crippen MR) is 105 cm³/mol. The molecule has 1 aliphatic rings. The second-order valence-corrected chi connectivity index (χ2v) is 7.24. The Balaban J connectivity index is 1.80. The molecule has 29 heavy (non-hydrogen) atoms. The molecule has 2 aromatic carbocycles. The van der Waals surface area contributed by atoms with Gasteiger partial charge in [0.05, 0.1) is 17.7 Å². The summed E-state index contributed by atoms with van der Waals surface area (Å²) < 4.78 is 32.3. The van der Waals surface area contributed by atoms with Gasteiger partial charge in [-0.1, -0.05) is 30.3 Å². The molecule has 154 valence electrons. The van der Waals surface area contributed by atoms with Crippen LogP contribution in [0.1, 0.15) is 25.3 Å². The molecule has 1 unspecified atom stereocenters. The van der Waals surface area contributed by atoms with Gasteiger partial charge in [0.25, 0.3) is 0 Å². The van der Waals surface area contributed by atoms with Gasteiger partial charge in [0.15, 0.2) is 0 Å². The first-order valence-electron chi connectivity index (χ1n) is 9.66. The Morgan fingerprint density at radius 1 is 1.17 bits per heavy atom. The summed E-state index contributed by atoms with van der Waals surface area (Å²) in [4.78, 5) is 27.1.